The molecular formula is C12H13F3N2O4S. The van der Waals surface area contributed by atoms with Crippen molar-refractivity contribution in [2.75, 3.05) is 13.2 Å². The van der Waals surface area contributed by atoms with E-state index in [1.807, 2.05) is 0 Å². The van der Waals surface area contributed by atoms with Crippen LogP contribution in [0.1, 0.15) is 6.92 Å². The van der Waals surface area contributed by atoms with Crippen molar-refractivity contribution in [3.8, 4) is 0 Å². The van der Waals surface area contributed by atoms with Gasteiger partial charge >= 0.3 is 0 Å². The van der Waals surface area contributed by atoms with Crippen molar-refractivity contribution < 1.29 is 31.1 Å². The minimum Gasteiger partial charge on any atom is -0.375 e. The van der Waals surface area contributed by atoms with Gasteiger partial charge in [-0.05, 0) is 13.0 Å². The van der Waals surface area contributed by atoms with E-state index in [0.29, 0.717) is 4.31 Å². The van der Waals surface area contributed by atoms with Crippen LogP contribution < -0.4 is 5.73 Å². The number of amides is 1. The lowest BCUT2D eigenvalue weighted by atomic mass is 10.1. The van der Waals surface area contributed by atoms with Crippen molar-refractivity contribution in [1.29, 1.82) is 0 Å². The first-order chi connectivity index (χ1) is 10.2. The van der Waals surface area contributed by atoms with Crippen molar-refractivity contribution >= 4 is 15.9 Å². The Bertz CT molecular complexity index is 711. The molecule has 0 aromatic heterocycles. The van der Waals surface area contributed by atoms with Crippen LogP contribution in [0.2, 0.25) is 0 Å². The highest BCUT2D eigenvalue weighted by atomic mass is 32.2. The molecule has 1 saturated heterocycles. The molecule has 1 aliphatic rings. The minimum absolute atomic E-state index is 0.0462. The molecule has 10 heteroatoms. The molecule has 1 aliphatic heterocycles. The lowest BCUT2D eigenvalue weighted by Gasteiger charge is -2.36. The largest absolute Gasteiger partial charge is 0.375 e. The summed E-state index contributed by atoms with van der Waals surface area (Å²) in [4.78, 5) is 10.4. The van der Waals surface area contributed by atoms with Crippen LogP contribution in [0.25, 0.3) is 0 Å². The van der Waals surface area contributed by atoms with Gasteiger partial charge in [0.25, 0.3) is 0 Å². The highest BCUT2D eigenvalue weighted by Gasteiger charge is 2.42. The fourth-order valence-electron chi connectivity index (χ4n) is 2.26. The van der Waals surface area contributed by atoms with E-state index in [0.717, 1.165) is 0 Å². The maximum absolute atomic E-state index is 13.7. The molecule has 1 fully saturated rings. The van der Waals surface area contributed by atoms with Gasteiger partial charge < -0.3 is 10.5 Å². The average Bonchev–Trinajstić information content (AvgIpc) is 2.41. The fraction of sp³-hybridized carbons (Fsp3) is 0.417. The molecule has 2 N–H and O–H groups in total. The Kier molecular flexibility index (Phi) is 4.45. The van der Waals surface area contributed by atoms with Crippen molar-refractivity contribution in [3.05, 3.63) is 29.6 Å². The number of halogens is 3. The fourth-order valence-corrected chi connectivity index (χ4v) is 3.96. The van der Waals surface area contributed by atoms with Gasteiger partial charge in [-0.25, -0.2) is 21.6 Å². The Hall–Kier alpha value is -1.65. The number of primary amides is 1. The molecule has 122 valence electrons. The number of morpholine rings is 1. The molecular weight excluding hydrogens is 325 g/mol. The van der Waals surface area contributed by atoms with E-state index in [4.69, 9.17) is 10.5 Å². The van der Waals surface area contributed by atoms with Crippen LogP contribution in [0.3, 0.4) is 0 Å². The second-order valence-corrected chi connectivity index (χ2v) is 6.59. The molecule has 0 spiro atoms. The number of nitrogens with zero attached hydrogens (tertiary/aromatic N) is 1. The summed E-state index contributed by atoms with van der Waals surface area (Å²) in [5.74, 6) is -5.48. The average molecular weight is 338 g/mol. The Morgan fingerprint density at radius 3 is 2.45 bits per heavy atom. The van der Waals surface area contributed by atoms with Crippen LogP contribution in [0, 0.1) is 17.5 Å². The van der Waals surface area contributed by atoms with Crippen LogP contribution >= 0.6 is 0 Å². The number of sulfonamides is 1. The first-order valence-electron chi connectivity index (χ1n) is 6.23. The second kappa shape index (κ2) is 5.86. The maximum Gasteiger partial charge on any atom is 0.246 e. The van der Waals surface area contributed by atoms with Gasteiger partial charge in [-0.2, -0.15) is 4.31 Å². The highest BCUT2D eigenvalue weighted by molar-refractivity contribution is 7.89. The number of ether oxygens (including phenoxy) is 1. The summed E-state index contributed by atoms with van der Waals surface area (Å²) >= 11 is 0. The zero-order chi connectivity index (χ0) is 16.7. The zero-order valence-electron chi connectivity index (χ0n) is 11.4. The predicted octanol–water partition coefficient (Wildman–Crippen LogP) is 0.367. The van der Waals surface area contributed by atoms with E-state index < -0.39 is 50.4 Å². The molecule has 1 aromatic rings. The van der Waals surface area contributed by atoms with Gasteiger partial charge in [0.05, 0.1) is 12.7 Å². The van der Waals surface area contributed by atoms with Gasteiger partial charge in [0.1, 0.15) is 16.8 Å². The van der Waals surface area contributed by atoms with E-state index in [2.05, 4.69) is 0 Å². The van der Waals surface area contributed by atoms with Crippen LogP contribution in [0.4, 0.5) is 13.2 Å². The quantitative estimate of drug-likeness (QED) is 0.806. The molecule has 1 amide bonds. The van der Waals surface area contributed by atoms with E-state index in [-0.39, 0.29) is 25.3 Å². The van der Waals surface area contributed by atoms with Crippen LogP contribution in [0.15, 0.2) is 17.0 Å². The lowest BCUT2D eigenvalue weighted by molar-refractivity contribution is -0.130. The first kappa shape index (κ1) is 16.7. The third-order valence-corrected chi connectivity index (χ3v) is 5.20. The molecule has 1 heterocycles. The van der Waals surface area contributed by atoms with Crippen molar-refractivity contribution in [1.82, 2.24) is 4.31 Å². The van der Waals surface area contributed by atoms with E-state index >= 15 is 0 Å². The smallest absolute Gasteiger partial charge is 0.246 e. The Balaban J connectivity index is 2.53. The summed E-state index contributed by atoms with van der Waals surface area (Å²) < 4.78 is 70.7. The predicted molar refractivity (Wildman–Crippen MR) is 68.6 cm³/mol. The third-order valence-electron chi connectivity index (χ3n) is 3.30. The number of rotatable bonds is 3. The minimum atomic E-state index is -4.59. The van der Waals surface area contributed by atoms with Gasteiger partial charge in [0.15, 0.2) is 11.6 Å². The molecule has 2 atom stereocenters. The molecule has 0 radical (unpaired) electrons. The van der Waals surface area contributed by atoms with E-state index in [9.17, 15) is 26.4 Å². The van der Waals surface area contributed by atoms with Crippen LogP contribution in [0.5, 0.6) is 0 Å². The highest BCUT2D eigenvalue weighted by Crippen LogP contribution is 2.26. The molecule has 0 saturated carbocycles. The summed E-state index contributed by atoms with van der Waals surface area (Å²) in [6.07, 6.45) is -0.852. The third kappa shape index (κ3) is 2.81. The van der Waals surface area contributed by atoms with Gasteiger partial charge in [-0.1, -0.05) is 0 Å². The Morgan fingerprint density at radius 2 is 1.86 bits per heavy atom. The second-order valence-electron chi connectivity index (χ2n) is 4.74. The molecule has 0 aliphatic carbocycles. The van der Waals surface area contributed by atoms with Gasteiger partial charge in [-0.15, -0.1) is 0 Å². The van der Waals surface area contributed by atoms with Crippen molar-refractivity contribution in [3.63, 3.8) is 0 Å². The summed E-state index contributed by atoms with van der Waals surface area (Å²) in [5, 5.41) is 0. The van der Waals surface area contributed by atoms with E-state index in [1.165, 1.54) is 6.92 Å². The SMILES string of the molecule is C[C@H]1OCCN(S(=O)(=O)c2cc(F)c(F)cc2F)[C@@H]1C(N)=O. The maximum atomic E-state index is 13.7. The number of hydrogen-bond acceptors (Lipinski definition) is 4. The van der Waals surface area contributed by atoms with Crippen molar-refractivity contribution in [2.24, 2.45) is 5.73 Å². The van der Waals surface area contributed by atoms with Gasteiger partial charge in [-0.3, -0.25) is 4.79 Å². The summed E-state index contributed by atoms with van der Waals surface area (Å²) in [7, 11) is -4.59. The standard InChI is InChI=1S/C12H13F3N2O4S/c1-6-11(12(16)18)17(2-3-21-6)22(19,20)10-5-8(14)7(13)4-9(10)15/h4-6,11H,2-3H2,1H3,(H2,16,18)/t6-,11+/m1/s1. The van der Waals surface area contributed by atoms with E-state index in [1.54, 1.807) is 0 Å². The topological polar surface area (TPSA) is 89.7 Å². The number of hydrogen-bond donors (Lipinski definition) is 1. The molecule has 0 unspecified atom stereocenters. The monoisotopic (exact) mass is 338 g/mol. The molecule has 0 bridgehead atoms. The van der Waals surface area contributed by atoms with Gasteiger partial charge in [0.2, 0.25) is 15.9 Å². The summed E-state index contributed by atoms with van der Waals surface area (Å²) in [5.41, 5.74) is 5.16. The molecule has 22 heavy (non-hydrogen) atoms. The number of nitrogens with two attached hydrogens (primary N) is 1. The molecule has 2 rings (SSSR count). The number of carbonyl (C=O) groups is 1. The number of carbonyl (C=O) groups excluding carboxylic acids is 1. The van der Waals surface area contributed by atoms with Crippen LogP contribution in [-0.4, -0.2) is 43.9 Å². The Morgan fingerprint density at radius 1 is 1.27 bits per heavy atom. The summed E-state index contributed by atoms with van der Waals surface area (Å²) in [6, 6.07) is -1.00. The molecule has 1 aromatic carbocycles. The summed E-state index contributed by atoms with van der Waals surface area (Å²) in [6.45, 7) is 1.12. The van der Waals surface area contributed by atoms with Crippen molar-refractivity contribution in [2.45, 2.75) is 24.0 Å². The first-order valence-corrected chi connectivity index (χ1v) is 7.67. The van der Waals surface area contributed by atoms with Gasteiger partial charge in [0, 0.05) is 12.6 Å². The van der Waals surface area contributed by atoms with Crippen LogP contribution in [-0.2, 0) is 19.6 Å². The normalized spacial score (nSPS) is 23.5. The lowest BCUT2D eigenvalue weighted by Crippen LogP contribution is -2.58. The number of benzene rings is 1. The zero-order valence-corrected chi connectivity index (χ0v) is 12.2. The Labute approximate surface area is 124 Å². The molecule has 6 nitrogen and oxygen atoms in total.